The average Bonchev–Trinajstić information content (AvgIpc) is 3.29. The number of carbonyl (C=O) groups excluding carboxylic acids is 1. The molecule has 0 aliphatic rings. The normalized spacial score (nSPS) is 12.5. The first-order chi connectivity index (χ1) is 19.7. The number of nitrogens with zero attached hydrogens (tertiary/aromatic N) is 3. The van der Waals surface area contributed by atoms with Crippen molar-refractivity contribution in [2.45, 2.75) is 24.5 Å². The molecular weight excluding hydrogens is 538 g/mol. The van der Waals surface area contributed by atoms with Gasteiger partial charge in [0, 0.05) is 41.0 Å². The van der Waals surface area contributed by atoms with Crippen LogP contribution in [0.4, 0.5) is 5.69 Å². The molecule has 0 saturated heterocycles. The fraction of sp³-hybridized carbons (Fsp3) is 0.219. The topological polar surface area (TPSA) is 103 Å². The van der Waals surface area contributed by atoms with E-state index in [9.17, 15) is 18.3 Å². The summed E-state index contributed by atoms with van der Waals surface area (Å²) in [6.45, 7) is 1.88. The van der Waals surface area contributed by atoms with Gasteiger partial charge in [-0.25, -0.2) is 8.42 Å². The Morgan fingerprint density at radius 2 is 1.41 bits per heavy atom. The van der Waals surface area contributed by atoms with E-state index in [-0.39, 0.29) is 37.0 Å². The summed E-state index contributed by atoms with van der Waals surface area (Å²) >= 11 is 0. The predicted octanol–water partition coefficient (Wildman–Crippen LogP) is 4.42. The number of aromatic nitrogens is 1. The highest BCUT2D eigenvalue weighted by Crippen LogP contribution is 2.30. The van der Waals surface area contributed by atoms with Gasteiger partial charge in [-0.3, -0.25) is 9.10 Å². The maximum absolute atomic E-state index is 13.9. The number of sulfonamides is 1. The smallest absolute Gasteiger partial charge is 0.264 e. The number of aliphatic hydroxyl groups is 2. The molecule has 2 N–H and O–H groups in total. The lowest BCUT2D eigenvalue weighted by Crippen LogP contribution is -2.39. The molecule has 8 nitrogen and oxygen atoms in total. The third kappa shape index (κ3) is 5.69. The largest absolute Gasteiger partial charge is 0.395 e. The number of para-hydroxylation sites is 2. The number of rotatable bonds is 10. The summed E-state index contributed by atoms with van der Waals surface area (Å²) < 4.78 is 31.1. The number of anilines is 1. The number of carbonyl (C=O) groups is 1. The summed E-state index contributed by atoms with van der Waals surface area (Å²) in [5, 5.41) is 22.7. The van der Waals surface area contributed by atoms with Crippen LogP contribution in [-0.2, 0) is 16.6 Å². The molecule has 4 aromatic carbocycles. The Hall–Kier alpha value is -4.18. The van der Waals surface area contributed by atoms with Crippen molar-refractivity contribution in [3.05, 3.63) is 108 Å². The summed E-state index contributed by atoms with van der Waals surface area (Å²) in [7, 11) is -2.46. The minimum atomic E-state index is -4.05. The number of likely N-dealkylation sites (N-methyl/N-ethyl adjacent to an activating group) is 1. The summed E-state index contributed by atoms with van der Waals surface area (Å²) in [6, 6.07) is 28.7. The molecule has 5 aromatic rings. The van der Waals surface area contributed by atoms with Gasteiger partial charge in [0.05, 0.1) is 36.4 Å². The van der Waals surface area contributed by atoms with Gasteiger partial charge in [0.25, 0.3) is 15.9 Å². The molecule has 0 spiro atoms. The van der Waals surface area contributed by atoms with Gasteiger partial charge in [0.15, 0.2) is 0 Å². The van der Waals surface area contributed by atoms with Gasteiger partial charge in [-0.2, -0.15) is 0 Å². The lowest BCUT2D eigenvalue weighted by molar-refractivity contribution is 0.0767. The van der Waals surface area contributed by atoms with E-state index in [0.29, 0.717) is 11.3 Å². The first-order valence-corrected chi connectivity index (χ1v) is 14.8. The van der Waals surface area contributed by atoms with E-state index in [1.165, 1.54) is 9.21 Å². The van der Waals surface area contributed by atoms with Crippen molar-refractivity contribution in [1.29, 1.82) is 0 Å². The molecule has 0 fully saturated rings. The third-order valence-corrected chi connectivity index (χ3v) is 9.05. The molecule has 1 aromatic heterocycles. The molecule has 0 aliphatic carbocycles. The number of aliphatic hydroxyl groups excluding tert-OH is 2. The Kier molecular flexibility index (Phi) is 8.12. The maximum atomic E-state index is 13.9. The maximum Gasteiger partial charge on any atom is 0.264 e. The highest BCUT2D eigenvalue weighted by atomic mass is 32.2. The fourth-order valence-corrected chi connectivity index (χ4v) is 6.58. The van der Waals surface area contributed by atoms with Crippen LogP contribution >= 0.6 is 0 Å². The minimum Gasteiger partial charge on any atom is -0.395 e. The Morgan fingerprint density at radius 3 is 1.98 bits per heavy atom. The molecule has 0 radical (unpaired) electrons. The van der Waals surface area contributed by atoms with Crippen LogP contribution in [0, 0.1) is 6.92 Å². The second-order valence-electron chi connectivity index (χ2n) is 10.1. The average molecular weight is 572 g/mol. The predicted molar refractivity (Wildman–Crippen MR) is 162 cm³/mol. The fourth-order valence-electron chi connectivity index (χ4n) is 5.08. The Balaban J connectivity index is 1.50. The lowest BCUT2D eigenvalue weighted by Gasteiger charge is -2.28. The van der Waals surface area contributed by atoms with E-state index in [4.69, 9.17) is 5.11 Å². The number of benzene rings is 4. The van der Waals surface area contributed by atoms with Crippen LogP contribution in [0.5, 0.6) is 0 Å². The third-order valence-electron chi connectivity index (χ3n) is 7.24. The van der Waals surface area contributed by atoms with Crippen LogP contribution in [0.3, 0.4) is 0 Å². The van der Waals surface area contributed by atoms with E-state index in [1.54, 1.807) is 55.6 Å². The minimum absolute atomic E-state index is 0.106. The van der Waals surface area contributed by atoms with Crippen molar-refractivity contribution in [3.8, 4) is 0 Å². The van der Waals surface area contributed by atoms with E-state index < -0.39 is 16.1 Å². The Bertz CT molecular complexity index is 1730. The number of aryl methyl sites for hydroxylation is 1. The zero-order valence-electron chi connectivity index (χ0n) is 23.0. The SMILES string of the molecule is Cc1ccc(S(=O)(=O)N(C[C@H](O)Cn2c3ccccc3c3ccccc32)c2ccc(C(=O)N(C)CCO)cc2)cc1. The first kappa shape index (κ1) is 28.4. The van der Waals surface area contributed by atoms with Crippen LogP contribution in [-0.4, -0.2) is 66.9 Å². The first-order valence-electron chi connectivity index (χ1n) is 13.4. The van der Waals surface area contributed by atoms with E-state index in [0.717, 1.165) is 27.4 Å². The monoisotopic (exact) mass is 571 g/mol. The molecule has 1 amide bonds. The van der Waals surface area contributed by atoms with Gasteiger partial charge < -0.3 is 19.7 Å². The quantitative estimate of drug-likeness (QED) is 0.258. The summed E-state index contributed by atoms with van der Waals surface area (Å²) in [5.74, 6) is -0.287. The summed E-state index contributed by atoms with van der Waals surface area (Å²) in [6.07, 6.45) is -1.05. The van der Waals surface area contributed by atoms with Gasteiger partial charge in [-0.15, -0.1) is 0 Å². The second-order valence-corrected chi connectivity index (χ2v) is 12.0. The Morgan fingerprint density at radius 1 is 0.854 bits per heavy atom. The van der Waals surface area contributed by atoms with Crippen molar-refractivity contribution < 1.29 is 23.4 Å². The van der Waals surface area contributed by atoms with Crippen LogP contribution in [0.1, 0.15) is 15.9 Å². The van der Waals surface area contributed by atoms with Gasteiger partial charge in [0.1, 0.15) is 0 Å². The zero-order chi connectivity index (χ0) is 29.1. The molecule has 1 heterocycles. The van der Waals surface area contributed by atoms with Gasteiger partial charge in [-0.05, 0) is 55.5 Å². The molecule has 0 unspecified atom stereocenters. The van der Waals surface area contributed by atoms with Gasteiger partial charge in [0.2, 0.25) is 0 Å². The van der Waals surface area contributed by atoms with E-state index in [2.05, 4.69) is 0 Å². The van der Waals surface area contributed by atoms with Crippen molar-refractivity contribution in [2.24, 2.45) is 0 Å². The zero-order valence-corrected chi connectivity index (χ0v) is 23.8. The van der Waals surface area contributed by atoms with Crippen molar-refractivity contribution in [1.82, 2.24) is 9.47 Å². The van der Waals surface area contributed by atoms with Gasteiger partial charge in [-0.1, -0.05) is 54.1 Å². The van der Waals surface area contributed by atoms with Crippen LogP contribution < -0.4 is 4.31 Å². The summed E-state index contributed by atoms with van der Waals surface area (Å²) in [4.78, 5) is 14.2. The molecule has 212 valence electrons. The van der Waals surface area contributed by atoms with E-state index >= 15 is 0 Å². The van der Waals surface area contributed by atoms with Crippen molar-refractivity contribution >= 4 is 43.4 Å². The molecule has 41 heavy (non-hydrogen) atoms. The molecule has 1 atom stereocenters. The lowest BCUT2D eigenvalue weighted by atomic mass is 10.2. The second kappa shape index (κ2) is 11.7. The molecule has 0 saturated carbocycles. The number of hydrogen-bond donors (Lipinski definition) is 2. The molecule has 5 rings (SSSR count). The van der Waals surface area contributed by atoms with Crippen molar-refractivity contribution in [3.63, 3.8) is 0 Å². The van der Waals surface area contributed by atoms with Crippen LogP contribution in [0.25, 0.3) is 21.8 Å². The highest BCUT2D eigenvalue weighted by Gasteiger charge is 2.28. The Labute approximate surface area is 239 Å². The highest BCUT2D eigenvalue weighted by molar-refractivity contribution is 7.92. The summed E-state index contributed by atoms with van der Waals surface area (Å²) in [5.41, 5.74) is 3.53. The molecule has 0 aliphatic heterocycles. The standard InChI is InChI=1S/C32H33N3O5S/c1-23-11-17-27(18-12-23)41(39,40)35(25-15-13-24(14-16-25)32(38)33(2)19-20-36)22-26(37)21-34-30-9-5-3-7-28(30)29-8-4-6-10-31(29)34/h3-18,26,36-37H,19-22H2,1-2H3/t26-/m1/s1. The van der Waals surface area contributed by atoms with Gasteiger partial charge >= 0.3 is 0 Å². The van der Waals surface area contributed by atoms with Crippen molar-refractivity contribution in [2.75, 3.05) is 31.0 Å². The molecule has 0 bridgehead atoms. The van der Waals surface area contributed by atoms with Crippen LogP contribution in [0.2, 0.25) is 0 Å². The van der Waals surface area contributed by atoms with Crippen LogP contribution in [0.15, 0.2) is 102 Å². The van der Waals surface area contributed by atoms with E-state index in [1.807, 2.05) is 60.0 Å². The number of fused-ring (bicyclic) bond motifs is 3. The molecular formula is C32H33N3O5S. The molecule has 9 heteroatoms. The number of hydrogen-bond acceptors (Lipinski definition) is 5. The number of amides is 1.